The Hall–Kier alpha value is -3.04. The van der Waals surface area contributed by atoms with Gasteiger partial charge >= 0.3 is 17.9 Å². The number of amides is 1. The number of benzene rings is 1. The van der Waals surface area contributed by atoms with Crippen LogP contribution >= 0.6 is 0 Å². The fraction of sp³-hybridized carbons (Fsp3) is 0.412. The van der Waals surface area contributed by atoms with Crippen LogP contribution in [0.1, 0.15) is 12.5 Å². The van der Waals surface area contributed by atoms with Crippen molar-refractivity contribution in [3.63, 3.8) is 0 Å². The number of halogens is 2. The van der Waals surface area contributed by atoms with E-state index in [0.29, 0.717) is 6.07 Å². The van der Waals surface area contributed by atoms with Gasteiger partial charge in [-0.25, -0.2) is 13.6 Å². The molecule has 0 aliphatic heterocycles. The second-order valence-corrected chi connectivity index (χ2v) is 5.72. The molecule has 0 bridgehead atoms. The molecule has 0 aliphatic rings. The Bertz CT molecular complexity index is 702. The third-order valence-electron chi connectivity index (χ3n) is 3.83. The maximum absolute atomic E-state index is 13.2. The van der Waals surface area contributed by atoms with Crippen LogP contribution in [-0.2, 0) is 35.1 Å². The average molecular weight is 387 g/mol. The second-order valence-electron chi connectivity index (χ2n) is 5.72. The van der Waals surface area contributed by atoms with Crippen LogP contribution in [0.25, 0.3) is 0 Å². The molecule has 1 rings (SSSR count). The largest absolute Gasteiger partial charge is 0.480 e. The van der Waals surface area contributed by atoms with Crippen molar-refractivity contribution < 1.29 is 42.5 Å². The minimum atomic E-state index is -1.65. The molecule has 2 atom stereocenters. The smallest absolute Gasteiger partial charge is 0.326 e. The monoisotopic (exact) mass is 387 g/mol. The molecule has 0 spiro atoms. The zero-order chi connectivity index (χ0) is 20.7. The van der Waals surface area contributed by atoms with Gasteiger partial charge in [0.1, 0.15) is 17.7 Å². The number of carboxylic acids is 1. The molecule has 0 fully saturated rings. The third-order valence-corrected chi connectivity index (χ3v) is 3.83. The van der Waals surface area contributed by atoms with Gasteiger partial charge in [-0.3, -0.25) is 14.4 Å². The Morgan fingerprint density at radius 2 is 1.52 bits per heavy atom. The van der Waals surface area contributed by atoms with E-state index in [1.54, 1.807) is 0 Å². The van der Waals surface area contributed by atoms with Crippen LogP contribution < -0.4 is 5.32 Å². The van der Waals surface area contributed by atoms with E-state index in [1.165, 1.54) is 6.92 Å². The third kappa shape index (κ3) is 6.01. The Labute approximate surface area is 153 Å². The topological polar surface area (TPSA) is 119 Å². The van der Waals surface area contributed by atoms with Crippen molar-refractivity contribution in [1.82, 2.24) is 5.32 Å². The summed E-state index contributed by atoms with van der Waals surface area (Å²) in [6.07, 6.45) is -0.508. The van der Waals surface area contributed by atoms with E-state index in [1.807, 2.05) is 0 Å². The molecular formula is C17H19F2NO7. The van der Waals surface area contributed by atoms with Gasteiger partial charge in [0.15, 0.2) is 5.92 Å². The lowest BCUT2D eigenvalue weighted by atomic mass is 9.87. The first kappa shape index (κ1) is 22.0. The maximum Gasteiger partial charge on any atom is 0.326 e. The number of nitrogens with one attached hydrogen (secondary N) is 1. The highest BCUT2D eigenvalue weighted by Crippen LogP contribution is 2.20. The van der Waals surface area contributed by atoms with Gasteiger partial charge in [-0.15, -0.1) is 0 Å². The van der Waals surface area contributed by atoms with Crippen LogP contribution in [0.3, 0.4) is 0 Å². The first-order valence-corrected chi connectivity index (χ1v) is 7.73. The van der Waals surface area contributed by atoms with Crippen molar-refractivity contribution in [2.24, 2.45) is 11.8 Å². The Balaban J connectivity index is 2.99. The van der Waals surface area contributed by atoms with Gasteiger partial charge in [-0.1, -0.05) is 6.92 Å². The lowest BCUT2D eigenvalue weighted by Gasteiger charge is -2.26. The number of rotatable bonds is 8. The van der Waals surface area contributed by atoms with Crippen LogP contribution in [0, 0.1) is 23.5 Å². The fourth-order valence-corrected chi connectivity index (χ4v) is 2.51. The van der Waals surface area contributed by atoms with Crippen molar-refractivity contribution in [1.29, 1.82) is 0 Å². The molecule has 2 N–H and O–H groups in total. The van der Waals surface area contributed by atoms with Crippen LogP contribution in [0.15, 0.2) is 18.2 Å². The van der Waals surface area contributed by atoms with Crippen LogP contribution in [0.5, 0.6) is 0 Å². The van der Waals surface area contributed by atoms with E-state index in [4.69, 9.17) is 0 Å². The zero-order valence-electron chi connectivity index (χ0n) is 14.8. The number of esters is 2. The highest BCUT2D eigenvalue weighted by molar-refractivity contribution is 5.96. The van der Waals surface area contributed by atoms with Gasteiger partial charge in [-0.05, 0) is 17.7 Å². The van der Waals surface area contributed by atoms with Crippen molar-refractivity contribution in [3.05, 3.63) is 35.4 Å². The molecule has 1 aromatic carbocycles. The molecule has 10 heteroatoms. The number of hydrogen-bond donors (Lipinski definition) is 2. The number of aliphatic carboxylic acids is 1. The summed E-state index contributed by atoms with van der Waals surface area (Å²) in [5.41, 5.74) is -0.0146. The Kier molecular flexibility index (Phi) is 7.82. The van der Waals surface area contributed by atoms with Gasteiger partial charge in [0, 0.05) is 12.0 Å². The summed E-state index contributed by atoms with van der Waals surface area (Å²) in [4.78, 5) is 47.3. The molecule has 0 unspecified atom stereocenters. The number of carbonyl (C=O) groups is 4. The molecule has 0 saturated carbocycles. The Morgan fingerprint density at radius 1 is 1.04 bits per heavy atom. The second kappa shape index (κ2) is 9.60. The van der Waals surface area contributed by atoms with E-state index >= 15 is 0 Å². The summed E-state index contributed by atoms with van der Waals surface area (Å²) in [5.74, 6) is -9.03. The van der Waals surface area contributed by atoms with E-state index in [0.717, 1.165) is 26.4 Å². The average Bonchev–Trinajstić information content (AvgIpc) is 2.57. The molecule has 0 saturated heterocycles. The lowest BCUT2D eigenvalue weighted by Crippen LogP contribution is -2.50. The van der Waals surface area contributed by atoms with Crippen molar-refractivity contribution in [3.8, 4) is 0 Å². The fourth-order valence-electron chi connectivity index (χ4n) is 2.51. The molecule has 1 aromatic rings. The summed E-state index contributed by atoms with van der Waals surface area (Å²) in [6.45, 7) is 1.25. The van der Waals surface area contributed by atoms with E-state index < -0.39 is 59.7 Å². The SMILES string of the molecule is COC(=O)C(C(=O)OC)[C@@H](C)[C@H](NC(=O)Cc1cc(F)cc(F)c1)C(=O)O. The van der Waals surface area contributed by atoms with E-state index in [-0.39, 0.29) is 5.56 Å². The van der Waals surface area contributed by atoms with Crippen molar-refractivity contribution in [2.75, 3.05) is 14.2 Å². The van der Waals surface area contributed by atoms with Gasteiger partial charge in [0.2, 0.25) is 5.91 Å². The highest BCUT2D eigenvalue weighted by atomic mass is 19.1. The summed E-state index contributed by atoms with van der Waals surface area (Å²) in [6, 6.07) is 0.821. The van der Waals surface area contributed by atoms with Crippen LogP contribution in [0.4, 0.5) is 8.78 Å². The number of carboxylic acid groups (broad SMARTS) is 1. The molecule has 0 aliphatic carbocycles. The zero-order valence-corrected chi connectivity index (χ0v) is 14.8. The summed E-state index contributed by atoms with van der Waals surface area (Å²) in [7, 11) is 2.02. The van der Waals surface area contributed by atoms with Gasteiger partial charge in [0.05, 0.1) is 20.6 Å². The van der Waals surface area contributed by atoms with Crippen LogP contribution in [0.2, 0.25) is 0 Å². The molecule has 0 aromatic heterocycles. The molecule has 0 radical (unpaired) electrons. The number of methoxy groups -OCH3 is 2. The molecule has 0 heterocycles. The summed E-state index contributed by atoms with van der Waals surface area (Å²) < 4.78 is 35.3. The molecule has 1 amide bonds. The van der Waals surface area contributed by atoms with Gasteiger partial charge < -0.3 is 19.9 Å². The first-order chi connectivity index (χ1) is 12.6. The minimum absolute atomic E-state index is 0.0146. The summed E-state index contributed by atoms with van der Waals surface area (Å²) in [5, 5.41) is 11.5. The van der Waals surface area contributed by atoms with E-state index in [2.05, 4.69) is 14.8 Å². The van der Waals surface area contributed by atoms with E-state index in [9.17, 15) is 33.1 Å². The Morgan fingerprint density at radius 3 is 1.93 bits per heavy atom. The number of hydrogen-bond acceptors (Lipinski definition) is 6. The predicted octanol–water partition coefficient (Wildman–Crippen LogP) is 0.675. The van der Waals surface area contributed by atoms with Crippen molar-refractivity contribution >= 4 is 23.8 Å². The molecule has 27 heavy (non-hydrogen) atoms. The quantitative estimate of drug-likeness (QED) is 0.497. The lowest BCUT2D eigenvalue weighted by molar-refractivity contribution is -0.163. The highest BCUT2D eigenvalue weighted by Gasteiger charge is 2.41. The normalized spacial score (nSPS) is 12.8. The maximum atomic E-state index is 13.2. The number of carbonyl (C=O) groups excluding carboxylic acids is 3. The van der Waals surface area contributed by atoms with Crippen molar-refractivity contribution in [2.45, 2.75) is 19.4 Å². The van der Waals surface area contributed by atoms with Gasteiger partial charge in [0.25, 0.3) is 0 Å². The van der Waals surface area contributed by atoms with Crippen LogP contribution in [-0.4, -0.2) is 49.2 Å². The van der Waals surface area contributed by atoms with Gasteiger partial charge in [-0.2, -0.15) is 0 Å². The molecule has 8 nitrogen and oxygen atoms in total. The predicted molar refractivity (Wildman–Crippen MR) is 86.3 cm³/mol. The molecular weight excluding hydrogens is 368 g/mol. The first-order valence-electron chi connectivity index (χ1n) is 7.73. The summed E-state index contributed by atoms with van der Waals surface area (Å²) >= 11 is 0. The number of ether oxygens (including phenoxy) is 2. The minimum Gasteiger partial charge on any atom is -0.480 e. The molecule has 148 valence electrons. The standard InChI is InChI=1S/C17H19F2NO7/c1-8(13(16(24)26-2)17(25)27-3)14(15(22)23)20-12(21)6-9-4-10(18)7-11(19)5-9/h4-5,7-8,13-14H,6H2,1-3H3,(H,20,21)(H,22,23)/t8-,14+/m1/s1.